The first-order valence-electron chi connectivity index (χ1n) is 6.73. The highest BCUT2D eigenvalue weighted by Gasteiger charge is 2.31. The van der Waals surface area contributed by atoms with Crippen LogP contribution in [0, 0.1) is 0 Å². The number of benzene rings is 1. The number of carbonyl (C=O) groups is 1. The maximum atomic E-state index is 12.3. The SMILES string of the molecule is CC(C)(C)OC(=O)N1CCOCC1c1ccc(O)cc1. The molecular formula is C15H21NO4. The van der Waals surface area contributed by atoms with Gasteiger partial charge in [0.15, 0.2) is 0 Å². The van der Waals surface area contributed by atoms with E-state index in [9.17, 15) is 9.90 Å². The van der Waals surface area contributed by atoms with Crippen LogP contribution >= 0.6 is 0 Å². The Hall–Kier alpha value is -1.75. The van der Waals surface area contributed by atoms with Crippen LogP contribution in [0.4, 0.5) is 4.79 Å². The standard InChI is InChI=1S/C15H21NO4/c1-15(2,3)20-14(18)16-8-9-19-10-13(16)11-4-6-12(17)7-5-11/h4-7,13,17H,8-10H2,1-3H3. The Morgan fingerprint density at radius 2 is 2.00 bits per heavy atom. The Labute approximate surface area is 119 Å². The van der Waals surface area contributed by atoms with E-state index < -0.39 is 5.60 Å². The molecule has 0 saturated carbocycles. The van der Waals surface area contributed by atoms with Crippen molar-refractivity contribution in [2.45, 2.75) is 32.4 Å². The third-order valence-corrected chi connectivity index (χ3v) is 3.03. The zero-order chi connectivity index (χ0) is 14.8. The number of phenolic OH excluding ortho intramolecular Hbond substituents is 1. The number of rotatable bonds is 1. The van der Waals surface area contributed by atoms with E-state index in [0.717, 1.165) is 5.56 Å². The van der Waals surface area contributed by atoms with Gasteiger partial charge in [-0.2, -0.15) is 0 Å². The number of hydrogen-bond donors (Lipinski definition) is 1. The van der Waals surface area contributed by atoms with Crippen molar-refractivity contribution in [3.63, 3.8) is 0 Å². The average Bonchev–Trinajstić information content (AvgIpc) is 2.38. The topological polar surface area (TPSA) is 59.0 Å². The van der Waals surface area contributed by atoms with Gasteiger partial charge in [-0.1, -0.05) is 12.1 Å². The lowest BCUT2D eigenvalue weighted by atomic mass is 10.1. The lowest BCUT2D eigenvalue weighted by Gasteiger charge is -2.36. The van der Waals surface area contributed by atoms with Gasteiger partial charge < -0.3 is 14.6 Å². The van der Waals surface area contributed by atoms with Crippen LogP contribution in [0.5, 0.6) is 5.75 Å². The van der Waals surface area contributed by atoms with Crippen molar-refractivity contribution in [3.05, 3.63) is 29.8 Å². The normalized spacial score (nSPS) is 19.8. The molecule has 1 saturated heterocycles. The Morgan fingerprint density at radius 1 is 1.35 bits per heavy atom. The minimum absolute atomic E-state index is 0.181. The van der Waals surface area contributed by atoms with Crippen molar-refractivity contribution >= 4 is 6.09 Å². The minimum Gasteiger partial charge on any atom is -0.508 e. The first-order valence-corrected chi connectivity index (χ1v) is 6.73. The summed E-state index contributed by atoms with van der Waals surface area (Å²) >= 11 is 0. The summed E-state index contributed by atoms with van der Waals surface area (Å²) in [5, 5.41) is 9.35. The van der Waals surface area contributed by atoms with E-state index >= 15 is 0 Å². The zero-order valence-corrected chi connectivity index (χ0v) is 12.1. The van der Waals surface area contributed by atoms with Crippen LogP contribution in [-0.2, 0) is 9.47 Å². The lowest BCUT2D eigenvalue weighted by molar-refractivity contribution is -0.0331. The van der Waals surface area contributed by atoms with E-state index in [4.69, 9.17) is 9.47 Å². The molecule has 1 atom stereocenters. The molecule has 1 heterocycles. The van der Waals surface area contributed by atoms with Crippen molar-refractivity contribution in [2.24, 2.45) is 0 Å². The van der Waals surface area contributed by atoms with E-state index in [2.05, 4.69) is 0 Å². The van der Waals surface area contributed by atoms with E-state index in [1.807, 2.05) is 20.8 Å². The van der Waals surface area contributed by atoms with Gasteiger partial charge in [0.25, 0.3) is 0 Å². The van der Waals surface area contributed by atoms with Crippen LogP contribution in [-0.4, -0.2) is 41.5 Å². The number of phenols is 1. The van der Waals surface area contributed by atoms with Crippen molar-refractivity contribution in [3.8, 4) is 5.75 Å². The van der Waals surface area contributed by atoms with Gasteiger partial charge in [-0.3, -0.25) is 4.90 Å². The number of nitrogens with zero attached hydrogens (tertiary/aromatic N) is 1. The summed E-state index contributed by atoms with van der Waals surface area (Å²) in [5.74, 6) is 0.203. The number of carbonyl (C=O) groups excluding carboxylic acids is 1. The molecule has 2 rings (SSSR count). The summed E-state index contributed by atoms with van der Waals surface area (Å²) in [4.78, 5) is 13.9. The van der Waals surface area contributed by atoms with Gasteiger partial charge >= 0.3 is 6.09 Å². The molecule has 0 bridgehead atoms. The highest BCUT2D eigenvalue weighted by Crippen LogP contribution is 2.27. The molecule has 1 N–H and O–H groups in total. The largest absolute Gasteiger partial charge is 0.508 e. The van der Waals surface area contributed by atoms with Crippen molar-refractivity contribution in [1.29, 1.82) is 0 Å². The van der Waals surface area contributed by atoms with Gasteiger partial charge in [0, 0.05) is 6.54 Å². The fourth-order valence-corrected chi connectivity index (χ4v) is 2.12. The quantitative estimate of drug-likeness (QED) is 0.858. The molecule has 1 fully saturated rings. The van der Waals surface area contributed by atoms with Gasteiger partial charge in [-0.05, 0) is 38.5 Å². The second kappa shape index (κ2) is 5.71. The number of morpholine rings is 1. The van der Waals surface area contributed by atoms with E-state index in [1.54, 1.807) is 29.2 Å². The summed E-state index contributed by atoms with van der Waals surface area (Å²) in [6.45, 7) is 6.99. The predicted molar refractivity (Wildman–Crippen MR) is 74.6 cm³/mol. The number of aromatic hydroxyl groups is 1. The molecule has 1 amide bonds. The molecule has 0 aromatic heterocycles. The van der Waals surface area contributed by atoms with Crippen LogP contribution in [0.15, 0.2) is 24.3 Å². The minimum atomic E-state index is -0.519. The maximum absolute atomic E-state index is 12.3. The van der Waals surface area contributed by atoms with E-state index in [1.165, 1.54) is 0 Å². The molecule has 1 aliphatic rings. The molecule has 0 radical (unpaired) electrons. The third kappa shape index (κ3) is 3.63. The molecule has 1 aromatic rings. The van der Waals surface area contributed by atoms with Crippen LogP contribution in [0.25, 0.3) is 0 Å². The number of hydrogen-bond acceptors (Lipinski definition) is 4. The molecule has 1 aliphatic heterocycles. The van der Waals surface area contributed by atoms with Crippen LogP contribution < -0.4 is 0 Å². The van der Waals surface area contributed by atoms with Crippen LogP contribution in [0.2, 0.25) is 0 Å². The molecule has 0 spiro atoms. The number of amides is 1. The van der Waals surface area contributed by atoms with Gasteiger partial charge in [0.05, 0.1) is 19.3 Å². The fourth-order valence-electron chi connectivity index (χ4n) is 2.12. The van der Waals surface area contributed by atoms with Crippen molar-refractivity contribution < 1.29 is 19.4 Å². The second-order valence-corrected chi connectivity index (χ2v) is 5.86. The lowest BCUT2D eigenvalue weighted by Crippen LogP contribution is -2.45. The molecule has 5 nitrogen and oxygen atoms in total. The highest BCUT2D eigenvalue weighted by atomic mass is 16.6. The Bertz CT molecular complexity index is 464. The van der Waals surface area contributed by atoms with Crippen LogP contribution in [0.1, 0.15) is 32.4 Å². The molecule has 0 aliphatic carbocycles. The van der Waals surface area contributed by atoms with Crippen LogP contribution in [0.3, 0.4) is 0 Å². The Kier molecular flexibility index (Phi) is 4.18. The predicted octanol–water partition coefficient (Wildman–Crippen LogP) is 2.70. The van der Waals surface area contributed by atoms with Gasteiger partial charge in [0.1, 0.15) is 11.4 Å². The Morgan fingerprint density at radius 3 is 2.60 bits per heavy atom. The van der Waals surface area contributed by atoms with E-state index in [0.29, 0.717) is 19.8 Å². The second-order valence-electron chi connectivity index (χ2n) is 5.86. The zero-order valence-electron chi connectivity index (χ0n) is 12.1. The monoisotopic (exact) mass is 279 g/mol. The molecule has 110 valence electrons. The van der Waals surface area contributed by atoms with Gasteiger partial charge in [0.2, 0.25) is 0 Å². The van der Waals surface area contributed by atoms with Gasteiger partial charge in [-0.25, -0.2) is 4.79 Å². The summed E-state index contributed by atoms with van der Waals surface area (Å²) < 4.78 is 10.9. The molecule has 20 heavy (non-hydrogen) atoms. The fraction of sp³-hybridized carbons (Fsp3) is 0.533. The van der Waals surface area contributed by atoms with Crippen molar-refractivity contribution in [1.82, 2.24) is 4.90 Å². The van der Waals surface area contributed by atoms with E-state index in [-0.39, 0.29) is 17.9 Å². The molecule has 1 aromatic carbocycles. The summed E-state index contributed by atoms with van der Waals surface area (Å²) in [6, 6.07) is 6.63. The summed E-state index contributed by atoms with van der Waals surface area (Å²) in [7, 11) is 0. The van der Waals surface area contributed by atoms with Crippen molar-refractivity contribution in [2.75, 3.05) is 19.8 Å². The molecule has 5 heteroatoms. The maximum Gasteiger partial charge on any atom is 0.410 e. The molecule has 1 unspecified atom stereocenters. The Balaban J connectivity index is 2.16. The first kappa shape index (κ1) is 14.7. The number of ether oxygens (including phenoxy) is 2. The molecular weight excluding hydrogens is 258 g/mol. The van der Waals surface area contributed by atoms with Gasteiger partial charge in [-0.15, -0.1) is 0 Å². The highest BCUT2D eigenvalue weighted by molar-refractivity contribution is 5.69. The first-order chi connectivity index (χ1) is 9.37. The third-order valence-electron chi connectivity index (χ3n) is 3.03. The summed E-state index contributed by atoms with van der Waals surface area (Å²) in [6.07, 6.45) is -0.334. The smallest absolute Gasteiger partial charge is 0.410 e. The summed E-state index contributed by atoms with van der Waals surface area (Å²) in [5.41, 5.74) is 0.405. The average molecular weight is 279 g/mol.